The number of guanidine groups is 1. The predicted molar refractivity (Wildman–Crippen MR) is 101 cm³/mol. The zero-order valence-corrected chi connectivity index (χ0v) is 14.6. The quantitative estimate of drug-likeness (QED) is 0.648. The predicted octanol–water partition coefficient (Wildman–Crippen LogP) is 3.17. The summed E-state index contributed by atoms with van der Waals surface area (Å²) in [6.07, 6.45) is 1.86. The summed E-state index contributed by atoms with van der Waals surface area (Å²) >= 11 is 0. The van der Waals surface area contributed by atoms with Gasteiger partial charge in [-0.05, 0) is 42.7 Å². The molecule has 5 heteroatoms. The van der Waals surface area contributed by atoms with Gasteiger partial charge >= 0.3 is 0 Å². The molecule has 132 valence electrons. The molecule has 3 rings (SSSR count). The molecule has 3 N–H and O–H groups in total. The SMILES string of the molecule is COc1ccc(C2(CN=C(N)Nc3ccccc3)CCOCC2)cc1. The molecule has 5 nitrogen and oxygen atoms in total. The van der Waals surface area contributed by atoms with E-state index in [0.717, 1.165) is 37.5 Å². The third kappa shape index (κ3) is 4.31. The van der Waals surface area contributed by atoms with Crippen LogP contribution in [0.2, 0.25) is 0 Å². The lowest BCUT2D eigenvalue weighted by Gasteiger charge is -2.36. The fourth-order valence-corrected chi connectivity index (χ4v) is 3.19. The fraction of sp³-hybridized carbons (Fsp3) is 0.350. The summed E-state index contributed by atoms with van der Waals surface area (Å²) in [5, 5.41) is 3.14. The van der Waals surface area contributed by atoms with Gasteiger partial charge in [-0.25, -0.2) is 0 Å². The average molecular weight is 339 g/mol. The summed E-state index contributed by atoms with van der Waals surface area (Å²) in [5.41, 5.74) is 8.24. The third-order valence-corrected chi connectivity index (χ3v) is 4.75. The molecule has 1 aliphatic rings. The molecule has 25 heavy (non-hydrogen) atoms. The minimum absolute atomic E-state index is 0.0481. The van der Waals surface area contributed by atoms with E-state index in [0.29, 0.717) is 12.5 Å². The van der Waals surface area contributed by atoms with Gasteiger partial charge in [0.05, 0.1) is 13.7 Å². The topological polar surface area (TPSA) is 68.9 Å². The zero-order valence-electron chi connectivity index (χ0n) is 14.6. The van der Waals surface area contributed by atoms with Crippen molar-refractivity contribution in [3.05, 3.63) is 60.2 Å². The first-order chi connectivity index (χ1) is 12.2. The average Bonchev–Trinajstić information content (AvgIpc) is 2.68. The lowest BCUT2D eigenvalue weighted by Crippen LogP contribution is -2.38. The third-order valence-electron chi connectivity index (χ3n) is 4.75. The summed E-state index contributed by atoms with van der Waals surface area (Å²) < 4.78 is 10.8. The number of methoxy groups -OCH3 is 1. The van der Waals surface area contributed by atoms with Crippen LogP contribution in [0.1, 0.15) is 18.4 Å². The molecule has 0 unspecified atom stereocenters. The van der Waals surface area contributed by atoms with Crippen LogP contribution in [0.3, 0.4) is 0 Å². The Labute approximate surface area is 148 Å². The minimum atomic E-state index is -0.0481. The Morgan fingerprint density at radius 3 is 2.44 bits per heavy atom. The van der Waals surface area contributed by atoms with Crippen molar-refractivity contribution in [3.63, 3.8) is 0 Å². The Morgan fingerprint density at radius 2 is 1.80 bits per heavy atom. The van der Waals surface area contributed by atoms with Crippen LogP contribution in [-0.4, -0.2) is 32.8 Å². The number of para-hydroxylation sites is 1. The summed E-state index contributed by atoms with van der Waals surface area (Å²) in [7, 11) is 1.68. The van der Waals surface area contributed by atoms with E-state index in [2.05, 4.69) is 22.4 Å². The number of nitrogens with one attached hydrogen (secondary N) is 1. The molecule has 1 aliphatic heterocycles. The lowest BCUT2D eigenvalue weighted by atomic mass is 9.74. The van der Waals surface area contributed by atoms with E-state index in [1.54, 1.807) is 7.11 Å². The van der Waals surface area contributed by atoms with Gasteiger partial charge in [0.25, 0.3) is 0 Å². The normalized spacial score (nSPS) is 17.1. The molecular weight excluding hydrogens is 314 g/mol. The largest absolute Gasteiger partial charge is 0.497 e. The maximum atomic E-state index is 6.09. The first-order valence-corrected chi connectivity index (χ1v) is 8.56. The van der Waals surface area contributed by atoms with Crippen molar-refractivity contribution in [3.8, 4) is 5.75 Å². The minimum Gasteiger partial charge on any atom is -0.497 e. The van der Waals surface area contributed by atoms with Crippen LogP contribution >= 0.6 is 0 Å². The van der Waals surface area contributed by atoms with Crippen molar-refractivity contribution in [2.45, 2.75) is 18.3 Å². The number of hydrogen-bond donors (Lipinski definition) is 2. The molecule has 0 bridgehead atoms. The van der Waals surface area contributed by atoms with Gasteiger partial charge in [0, 0.05) is 24.3 Å². The van der Waals surface area contributed by atoms with E-state index in [1.807, 2.05) is 42.5 Å². The van der Waals surface area contributed by atoms with Crippen LogP contribution in [0.15, 0.2) is 59.6 Å². The van der Waals surface area contributed by atoms with Gasteiger partial charge in [0.2, 0.25) is 0 Å². The summed E-state index contributed by atoms with van der Waals surface area (Å²) in [5.74, 6) is 1.30. The molecule has 1 heterocycles. The van der Waals surface area contributed by atoms with Gasteiger partial charge < -0.3 is 20.5 Å². The van der Waals surface area contributed by atoms with Crippen molar-refractivity contribution in [1.29, 1.82) is 0 Å². The van der Waals surface area contributed by atoms with Crippen molar-refractivity contribution in [2.24, 2.45) is 10.7 Å². The molecule has 0 radical (unpaired) electrons. The number of rotatable bonds is 5. The molecule has 2 aromatic rings. The van der Waals surface area contributed by atoms with E-state index >= 15 is 0 Å². The van der Waals surface area contributed by atoms with E-state index in [-0.39, 0.29) is 5.41 Å². The number of benzene rings is 2. The van der Waals surface area contributed by atoms with E-state index in [9.17, 15) is 0 Å². The molecule has 0 aliphatic carbocycles. The second kappa shape index (κ2) is 8.03. The molecular formula is C20H25N3O2. The highest BCUT2D eigenvalue weighted by Gasteiger charge is 2.34. The lowest BCUT2D eigenvalue weighted by molar-refractivity contribution is 0.0531. The van der Waals surface area contributed by atoms with E-state index in [1.165, 1.54) is 5.56 Å². The molecule has 2 aromatic carbocycles. The van der Waals surface area contributed by atoms with E-state index in [4.69, 9.17) is 15.2 Å². The molecule has 1 fully saturated rings. The Morgan fingerprint density at radius 1 is 1.12 bits per heavy atom. The van der Waals surface area contributed by atoms with Crippen LogP contribution in [0, 0.1) is 0 Å². The Kier molecular flexibility index (Phi) is 5.56. The summed E-state index contributed by atoms with van der Waals surface area (Å²) in [6.45, 7) is 2.12. The van der Waals surface area contributed by atoms with Gasteiger partial charge in [0.1, 0.15) is 5.75 Å². The molecule has 1 saturated heterocycles. The maximum Gasteiger partial charge on any atom is 0.193 e. The molecule has 0 aromatic heterocycles. The number of anilines is 1. The van der Waals surface area contributed by atoms with Crippen molar-refractivity contribution >= 4 is 11.6 Å². The van der Waals surface area contributed by atoms with Crippen LogP contribution in [0.25, 0.3) is 0 Å². The van der Waals surface area contributed by atoms with Crippen molar-refractivity contribution in [2.75, 3.05) is 32.2 Å². The number of hydrogen-bond acceptors (Lipinski definition) is 3. The van der Waals surface area contributed by atoms with Gasteiger partial charge in [-0.2, -0.15) is 0 Å². The van der Waals surface area contributed by atoms with Crippen LogP contribution in [0.5, 0.6) is 5.75 Å². The number of nitrogens with zero attached hydrogens (tertiary/aromatic N) is 1. The first-order valence-electron chi connectivity index (χ1n) is 8.56. The maximum absolute atomic E-state index is 6.09. The fourth-order valence-electron chi connectivity index (χ4n) is 3.19. The summed E-state index contributed by atoms with van der Waals surface area (Å²) in [6, 6.07) is 18.1. The Balaban J connectivity index is 1.77. The highest BCUT2D eigenvalue weighted by Crippen LogP contribution is 2.36. The second-order valence-electron chi connectivity index (χ2n) is 6.31. The van der Waals surface area contributed by atoms with Gasteiger partial charge in [0.15, 0.2) is 5.96 Å². The van der Waals surface area contributed by atoms with Crippen molar-refractivity contribution in [1.82, 2.24) is 0 Å². The molecule has 0 saturated carbocycles. The highest BCUT2D eigenvalue weighted by atomic mass is 16.5. The molecule has 0 atom stereocenters. The number of nitrogens with two attached hydrogens (primary N) is 1. The second-order valence-corrected chi connectivity index (χ2v) is 6.31. The zero-order chi connectivity index (χ0) is 17.5. The van der Waals surface area contributed by atoms with Crippen LogP contribution < -0.4 is 15.8 Å². The van der Waals surface area contributed by atoms with Crippen molar-refractivity contribution < 1.29 is 9.47 Å². The van der Waals surface area contributed by atoms with Gasteiger partial charge in [-0.15, -0.1) is 0 Å². The smallest absolute Gasteiger partial charge is 0.193 e. The Bertz CT molecular complexity index is 693. The monoisotopic (exact) mass is 339 g/mol. The molecule has 0 amide bonds. The number of ether oxygens (including phenoxy) is 2. The van der Waals surface area contributed by atoms with Gasteiger partial charge in [-0.1, -0.05) is 30.3 Å². The van der Waals surface area contributed by atoms with Gasteiger partial charge in [-0.3, -0.25) is 4.99 Å². The Hall–Kier alpha value is -2.53. The standard InChI is InChI=1S/C20H25N3O2/c1-24-18-9-7-16(8-10-18)20(11-13-25-14-12-20)15-22-19(21)23-17-5-3-2-4-6-17/h2-10H,11-15H2,1H3,(H3,21,22,23). The summed E-state index contributed by atoms with van der Waals surface area (Å²) in [4.78, 5) is 4.63. The highest BCUT2D eigenvalue weighted by molar-refractivity contribution is 5.92. The van der Waals surface area contributed by atoms with Crippen LogP contribution in [0.4, 0.5) is 5.69 Å². The number of aliphatic imine (C=N–C) groups is 1. The van der Waals surface area contributed by atoms with E-state index < -0.39 is 0 Å². The first kappa shape index (κ1) is 17.3. The molecule has 0 spiro atoms. The van der Waals surface area contributed by atoms with Crippen LogP contribution in [-0.2, 0) is 10.2 Å².